The molecule has 1 aromatic heterocycles. The van der Waals surface area contributed by atoms with Gasteiger partial charge in [0, 0.05) is 30.9 Å². The number of carbonyl (C=O) groups excluding carboxylic acids is 2. The summed E-state index contributed by atoms with van der Waals surface area (Å²) in [5.41, 5.74) is 1.34. The molecule has 0 saturated carbocycles. The quantitative estimate of drug-likeness (QED) is 0.285. The van der Waals surface area contributed by atoms with Gasteiger partial charge in [0.25, 0.3) is 5.91 Å². The average molecular weight is 569 g/mol. The van der Waals surface area contributed by atoms with E-state index in [-0.39, 0.29) is 30.2 Å². The van der Waals surface area contributed by atoms with Gasteiger partial charge in [0.2, 0.25) is 5.75 Å². The van der Waals surface area contributed by atoms with E-state index in [9.17, 15) is 9.59 Å². The summed E-state index contributed by atoms with van der Waals surface area (Å²) in [6.07, 6.45) is 5.13. The van der Waals surface area contributed by atoms with Crippen LogP contribution in [0.5, 0.6) is 17.2 Å². The Morgan fingerprint density at radius 2 is 1.68 bits per heavy atom. The highest BCUT2D eigenvalue weighted by Crippen LogP contribution is 2.43. The first-order valence-corrected chi connectivity index (χ1v) is 13.4. The fourth-order valence-electron chi connectivity index (χ4n) is 5.02. The zero-order valence-electron chi connectivity index (χ0n) is 23.3. The lowest BCUT2D eigenvalue weighted by molar-refractivity contribution is -0.168. The van der Waals surface area contributed by atoms with Crippen LogP contribution in [0.15, 0.2) is 67.0 Å². The number of carbonyl (C=O) groups is 2. The minimum absolute atomic E-state index is 0.0101. The SMILES string of the molecule is COc1cc(C(F)(F)C(=O)N2CCC[C@H]2C(=O)OC(CCc2cccnc2)Cc2ccccc2)cc(OC)c1OC. The van der Waals surface area contributed by atoms with Crippen molar-refractivity contribution >= 4 is 11.9 Å². The Morgan fingerprint density at radius 1 is 1.00 bits per heavy atom. The minimum Gasteiger partial charge on any atom is -0.493 e. The normalized spacial score (nSPS) is 15.7. The molecule has 41 heavy (non-hydrogen) atoms. The molecular weight excluding hydrogens is 534 g/mol. The van der Waals surface area contributed by atoms with Gasteiger partial charge in [-0.25, -0.2) is 4.79 Å². The summed E-state index contributed by atoms with van der Waals surface area (Å²) in [6.45, 7) is 0.0116. The minimum atomic E-state index is -3.96. The van der Waals surface area contributed by atoms with Gasteiger partial charge in [0.1, 0.15) is 12.1 Å². The van der Waals surface area contributed by atoms with E-state index in [2.05, 4.69) is 4.98 Å². The van der Waals surface area contributed by atoms with Crippen molar-refractivity contribution in [2.24, 2.45) is 0 Å². The highest BCUT2D eigenvalue weighted by molar-refractivity contribution is 5.90. The molecular formula is C31H34F2N2O6. The summed E-state index contributed by atoms with van der Waals surface area (Å²) in [6, 6.07) is 14.3. The second-order valence-electron chi connectivity index (χ2n) is 9.79. The molecule has 4 rings (SSSR count). The van der Waals surface area contributed by atoms with Crippen LogP contribution in [0.2, 0.25) is 0 Å². The second-order valence-corrected chi connectivity index (χ2v) is 9.79. The third-order valence-corrected chi connectivity index (χ3v) is 7.15. The summed E-state index contributed by atoms with van der Waals surface area (Å²) >= 11 is 0. The monoisotopic (exact) mass is 568 g/mol. The molecule has 1 saturated heterocycles. The van der Waals surface area contributed by atoms with Gasteiger partial charge in [-0.15, -0.1) is 0 Å². The maximum absolute atomic E-state index is 15.7. The standard InChI is InChI=1S/C31H34F2N2O6/c1-38-26-18-23(19-27(39-2)28(26)40-3)31(32,33)30(37)35-16-8-12-25(35)29(36)41-24(17-21-9-5-4-6-10-21)14-13-22-11-7-15-34-20-22/h4-7,9-11,15,18-20,24-25H,8,12-14,16-17H2,1-3H3/t24?,25-/m0/s1. The van der Waals surface area contributed by atoms with Gasteiger partial charge in [-0.3, -0.25) is 9.78 Å². The molecule has 1 unspecified atom stereocenters. The highest BCUT2D eigenvalue weighted by Gasteiger charge is 2.49. The zero-order valence-corrected chi connectivity index (χ0v) is 23.3. The van der Waals surface area contributed by atoms with Gasteiger partial charge in [0.05, 0.1) is 21.3 Å². The number of aromatic nitrogens is 1. The Hall–Kier alpha value is -4.21. The Labute approximate surface area is 238 Å². The molecule has 0 radical (unpaired) electrons. The number of benzene rings is 2. The van der Waals surface area contributed by atoms with E-state index >= 15 is 8.78 Å². The Bertz CT molecular complexity index is 1300. The first kappa shape index (κ1) is 29.8. The number of hydrogen-bond donors (Lipinski definition) is 0. The van der Waals surface area contributed by atoms with Crippen molar-refractivity contribution in [3.8, 4) is 17.2 Å². The molecule has 0 spiro atoms. The van der Waals surface area contributed by atoms with E-state index in [1.165, 1.54) is 21.3 Å². The van der Waals surface area contributed by atoms with Crippen LogP contribution in [-0.2, 0) is 33.1 Å². The summed E-state index contributed by atoms with van der Waals surface area (Å²) in [4.78, 5) is 31.7. The first-order valence-electron chi connectivity index (χ1n) is 13.4. The van der Waals surface area contributed by atoms with Gasteiger partial charge in [-0.2, -0.15) is 8.78 Å². The van der Waals surface area contributed by atoms with Crippen molar-refractivity contribution in [3.63, 3.8) is 0 Å². The molecule has 1 aliphatic rings. The zero-order chi connectivity index (χ0) is 29.4. The highest BCUT2D eigenvalue weighted by atomic mass is 19.3. The van der Waals surface area contributed by atoms with Crippen molar-refractivity contribution in [1.29, 1.82) is 0 Å². The maximum atomic E-state index is 15.7. The maximum Gasteiger partial charge on any atom is 0.350 e. The molecule has 218 valence electrons. The number of ether oxygens (including phenoxy) is 4. The van der Waals surface area contributed by atoms with Crippen molar-refractivity contribution in [3.05, 3.63) is 83.7 Å². The molecule has 0 aliphatic carbocycles. The lowest BCUT2D eigenvalue weighted by atomic mass is 10.0. The number of methoxy groups -OCH3 is 3. The number of nitrogens with zero attached hydrogens (tertiary/aromatic N) is 2. The van der Waals surface area contributed by atoms with Gasteiger partial charge in [-0.05, 0) is 55.0 Å². The predicted molar refractivity (Wildman–Crippen MR) is 147 cm³/mol. The van der Waals surface area contributed by atoms with Crippen molar-refractivity contribution < 1.29 is 37.3 Å². The van der Waals surface area contributed by atoms with Crippen LogP contribution < -0.4 is 14.2 Å². The van der Waals surface area contributed by atoms with E-state index in [1.807, 2.05) is 42.5 Å². The third kappa shape index (κ3) is 6.93. The molecule has 1 amide bonds. The number of hydrogen-bond acceptors (Lipinski definition) is 7. The van der Waals surface area contributed by atoms with Crippen LogP contribution in [-0.4, -0.2) is 61.8 Å². The summed E-state index contributed by atoms with van der Waals surface area (Å²) in [5.74, 6) is -6.03. The Kier molecular flexibility index (Phi) is 9.75. The number of esters is 1. The van der Waals surface area contributed by atoms with E-state index in [0.29, 0.717) is 25.7 Å². The van der Waals surface area contributed by atoms with Crippen LogP contribution in [0.25, 0.3) is 0 Å². The lowest BCUT2D eigenvalue weighted by Gasteiger charge is -2.29. The molecule has 3 aromatic rings. The number of likely N-dealkylation sites (tertiary alicyclic amines) is 1. The fraction of sp³-hybridized carbons (Fsp3) is 0.387. The summed E-state index contributed by atoms with van der Waals surface area (Å²) in [5, 5.41) is 0. The van der Waals surface area contributed by atoms with E-state index in [4.69, 9.17) is 18.9 Å². The van der Waals surface area contributed by atoms with Crippen LogP contribution in [0.1, 0.15) is 36.0 Å². The average Bonchev–Trinajstić information content (AvgIpc) is 3.49. The van der Waals surface area contributed by atoms with E-state index in [1.54, 1.807) is 12.4 Å². The smallest absolute Gasteiger partial charge is 0.350 e. The molecule has 10 heteroatoms. The molecule has 0 bridgehead atoms. The number of pyridine rings is 1. The summed E-state index contributed by atoms with van der Waals surface area (Å²) in [7, 11) is 3.95. The molecule has 2 atom stereocenters. The topological polar surface area (TPSA) is 87.2 Å². The fourth-order valence-corrected chi connectivity index (χ4v) is 5.02. The Morgan fingerprint density at radius 3 is 2.29 bits per heavy atom. The van der Waals surface area contributed by atoms with Crippen molar-refractivity contribution in [2.45, 2.75) is 50.2 Å². The number of alkyl halides is 2. The van der Waals surface area contributed by atoms with Crippen molar-refractivity contribution in [1.82, 2.24) is 9.88 Å². The molecule has 0 N–H and O–H groups in total. The molecule has 2 heterocycles. The van der Waals surface area contributed by atoms with E-state index < -0.39 is 35.5 Å². The molecule has 1 aliphatic heterocycles. The van der Waals surface area contributed by atoms with Crippen molar-refractivity contribution in [2.75, 3.05) is 27.9 Å². The lowest BCUT2D eigenvalue weighted by Crippen LogP contribution is -2.48. The largest absolute Gasteiger partial charge is 0.493 e. The molecule has 2 aromatic carbocycles. The molecule has 8 nitrogen and oxygen atoms in total. The second kappa shape index (κ2) is 13.4. The first-order chi connectivity index (χ1) is 19.8. The van der Waals surface area contributed by atoms with Crippen LogP contribution in [0, 0.1) is 0 Å². The van der Waals surface area contributed by atoms with Gasteiger partial charge in [0.15, 0.2) is 11.5 Å². The van der Waals surface area contributed by atoms with Crippen LogP contribution in [0.4, 0.5) is 8.78 Å². The van der Waals surface area contributed by atoms with E-state index in [0.717, 1.165) is 28.2 Å². The predicted octanol–water partition coefficient (Wildman–Crippen LogP) is 4.98. The van der Waals surface area contributed by atoms with Gasteiger partial charge in [-0.1, -0.05) is 36.4 Å². The van der Waals surface area contributed by atoms with Gasteiger partial charge >= 0.3 is 11.9 Å². The third-order valence-electron chi connectivity index (χ3n) is 7.15. The summed E-state index contributed by atoms with van der Waals surface area (Å²) < 4.78 is 52.8. The number of halogens is 2. The van der Waals surface area contributed by atoms with Gasteiger partial charge < -0.3 is 23.8 Å². The van der Waals surface area contributed by atoms with Crippen LogP contribution in [0.3, 0.4) is 0 Å². The molecule has 1 fully saturated rings. The Balaban J connectivity index is 1.52. The van der Waals surface area contributed by atoms with Crippen LogP contribution >= 0.6 is 0 Å². The number of rotatable bonds is 12. The number of amides is 1. The number of aryl methyl sites for hydroxylation is 1.